The van der Waals surface area contributed by atoms with E-state index in [1.165, 1.54) is 6.07 Å². The summed E-state index contributed by atoms with van der Waals surface area (Å²) in [5.41, 5.74) is 7.49. The summed E-state index contributed by atoms with van der Waals surface area (Å²) in [6, 6.07) is 5.57. The van der Waals surface area contributed by atoms with E-state index >= 15 is 0 Å². The zero-order valence-corrected chi connectivity index (χ0v) is 12.1. The summed E-state index contributed by atoms with van der Waals surface area (Å²) >= 11 is 0. The molecule has 0 heterocycles. The maximum Gasteiger partial charge on any atom is 0.128 e. The van der Waals surface area contributed by atoms with Crippen LogP contribution in [0.1, 0.15) is 33.3 Å². The van der Waals surface area contributed by atoms with Gasteiger partial charge in [0.2, 0.25) is 0 Å². The molecule has 1 rings (SSSR count). The van der Waals surface area contributed by atoms with E-state index in [0.717, 1.165) is 11.3 Å². The summed E-state index contributed by atoms with van der Waals surface area (Å²) in [4.78, 5) is 2.14. The number of nitrogens with zero attached hydrogens (tertiary/aromatic N) is 1. The third-order valence-corrected chi connectivity index (χ3v) is 3.58. The number of hydrogen-bond acceptors (Lipinski definition) is 2. The van der Waals surface area contributed by atoms with Gasteiger partial charge in [-0.05, 0) is 38.3 Å². The molecule has 3 heteroatoms. The fraction of sp³-hybridized carbons (Fsp3) is 0.600. The Morgan fingerprint density at radius 3 is 2.33 bits per heavy atom. The second kappa shape index (κ2) is 6.19. The van der Waals surface area contributed by atoms with E-state index in [9.17, 15) is 4.39 Å². The van der Waals surface area contributed by atoms with Crippen molar-refractivity contribution >= 4 is 5.69 Å². The van der Waals surface area contributed by atoms with E-state index in [2.05, 4.69) is 25.7 Å². The van der Waals surface area contributed by atoms with Gasteiger partial charge in [-0.1, -0.05) is 19.9 Å². The highest BCUT2D eigenvalue weighted by atomic mass is 19.1. The van der Waals surface area contributed by atoms with Gasteiger partial charge in [0.1, 0.15) is 5.82 Å². The van der Waals surface area contributed by atoms with Gasteiger partial charge < -0.3 is 10.6 Å². The molecule has 1 aromatic rings. The highest BCUT2D eigenvalue weighted by Gasteiger charge is 2.19. The lowest BCUT2D eigenvalue weighted by Gasteiger charge is -2.32. The molecule has 0 radical (unpaired) electrons. The van der Waals surface area contributed by atoms with Crippen LogP contribution in [0.25, 0.3) is 0 Å². The molecular weight excluding hydrogens is 227 g/mol. The van der Waals surface area contributed by atoms with Crippen molar-refractivity contribution in [1.82, 2.24) is 0 Å². The van der Waals surface area contributed by atoms with E-state index in [-0.39, 0.29) is 11.9 Å². The monoisotopic (exact) mass is 252 g/mol. The predicted molar refractivity (Wildman–Crippen MR) is 76.5 cm³/mol. The molecule has 2 unspecified atom stereocenters. The number of anilines is 1. The average Bonchev–Trinajstić information content (AvgIpc) is 2.29. The molecule has 2 N–H and O–H groups in total. The molecule has 0 saturated heterocycles. The first-order valence-electron chi connectivity index (χ1n) is 6.60. The minimum Gasteiger partial charge on any atom is -0.371 e. The fourth-order valence-corrected chi connectivity index (χ4v) is 2.07. The highest BCUT2D eigenvalue weighted by Crippen LogP contribution is 2.26. The van der Waals surface area contributed by atoms with Gasteiger partial charge in [-0.3, -0.25) is 0 Å². The van der Waals surface area contributed by atoms with Gasteiger partial charge >= 0.3 is 0 Å². The van der Waals surface area contributed by atoms with Crippen molar-refractivity contribution in [3.8, 4) is 0 Å². The lowest BCUT2D eigenvalue weighted by Crippen LogP contribution is -2.34. The summed E-state index contributed by atoms with van der Waals surface area (Å²) in [5, 5.41) is 0. The first-order valence-corrected chi connectivity index (χ1v) is 6.60. The van der Waals surface area contributed by atoms with Crippen LogP contribution in [0.15, 0.2) is 18.2 Å². The van der Waals surface area contributed by atoms with Gasteiger partial charge in [0.25, 0.3) is 0 Å². The van der Waals surface area contributed by atoms with Gasteiger partial charge in [-0.2, -0.15) is 0 Å². The van der Waals surface area contributed by atoms with Crippen molar-refractivity contribution in [2.45, 2.75) is 46.2 Å². The molecule has 0 fully saturated rings. The van der Waals surface area contributed by atoms with Crippen LogP contribution in [0, 0.1) is 11.7 Å². The smallest absolute Gasteiger partial charge is 0.128 e. The van der Waals surface area contributed by atoms with E-state index in [1.807, 2.05) is 20.0 Å². The number of benzene rings is 1. The van der Waals surface area contributed by atoms with Crippen LogP contribution in [-0.2, 0) is 6.42 Å². The molecule has 102 valence electrons. The zero-order valence-electron chi connectivity index (χ0n) is 12.1. The van der Waals surface area contributed by atoms with Crippen LogP contribution in [-0.4, -0.2) is 19.1 Å². The summed E-state index contributed by atoms with van der Waals surface area (Å²) in [6.07, 6.45) is 0.567. The Morgan fingerprint density at radius 1 is 1.22 bits per heavy atom. The minimum absolute atomic E-state index is 0.0385. The molecule has 2 nitrogen and oxygen atoms in total. The standard InChI is InChI=1S/C15H25FN2/c1-10(2)12(4)18(5)15-8-6-7-14(16)13(15)9-11(3)17/h6-8,10-12H,9,17H2,1-5H3. The van der Waals surface area contributed by atoms with Crippen molar-refractivity contribution in [2.24, 2.45) is 11.7 Å². The minimum atomic E-state index is -0.160. The molecule has 0 saturated carbocycles. The van der Waals surface area contributed by atoms with Gasteiger partial charge in [-0.25, -0.2) is 4.39 Å². The SMILES string of the molecule is CC(N)Cc1c(F)cccc1N(C)C(C)C(C)C. The highest BCUT2D eigenvalue weighted by molar-refractivity contribution is 5.54. The Kier molecular flexibility index (Phi) is 5.15. The zero-order chi connectivity index (χ0) is 13.9. The van der Waals surface area contributed by atoms with E-state index in [1.54, 1.807) is 6.07 Å². The molecule has 0 aliphatic heterocycles. The Morgan fingerprint density at radius 2 is 1.83 bits per heavy atom. The third kappa shape index (κ3) is 3.45. The van der Waals surface area contributed by atoms with E-state index in [4.69, 9.17) is 5.73 Å². The molecule has 0 aromatic heterocycles. The van der Waals surface area contributed by atoms with Crippen LogP contribution in [0.3, 0.4) is 0 Å². The fourth-order valence-electron chi connectivity index (χ4n) is 2.07. The first-order chi connectivity index (χ1) is 8.34. The molecule has 1 aromatic carbocycles. The normalized spacial score (nSPS) is 14.7. The van der Waals surface area contributed by atoms with Crippen molar-refractivity contribution in [2.75, 3.05) is 11.9 Å². The van der Waals surface area contributed by atoms with E-state index in [0.29, 0.717) is 18.4 Å². The second-order valence-electron chi connectivity index (χ2n) is 5.51. The van der Waals surface area contributed by atoms with Crippen molar-refractivity contribution in [3.63, 3.8) is 0 Å². The Labute approximate surface area is 110 Å². The van der Waals surface area contributed by atoms with Gasteiger partial charge in [0, 0.05) is 30.4 Å². The number of rotatable bonds is 5. The molecule has 18 heavy (non-hydrogen) atoms. The van der Waals surface area contributed by atoms with Gasteiger partial charge in [-0.15, -0.1) is 0 Å². The average molecular weight is 252 g/mol. The lowest BCUT2D eigenvalue weighted by molar-refractivity contribution is 0.502. The van der Waals surface area contributed by atoms with Crippen molar-refractivity contribution in [1.29, 1.82) is 0 Å². The lowest BCUT2D eigenvalue weighted by atomic mass is 10.00. The molecule has 0 amide bonds. The predicted octanol–water partition coefficient (Wildman–Crippen LogP) is 3.20. The molecule has 0 aliphatic rings. The largest absolute Gasteiger partial charge is 0.371 e. The number of hydrogen-bond donors (Lipinski definition) is 1. The summed E-state index contributed by atoms with van der Waals surface area (Å²) in [7, 11) is 2.02. The van der Waals surface area contributed by atoms with Crippen molar-refractivity contribution < 1.29 is 4.39 Å². The van der Waals surface area contributed by atoms with Crippen LogP contribution in [0.4, 0.5) is 10.1 Å². The number of halogens is 1. The van der Waals surface area contributed by atoms with Crippen LogP contribution in [0.2, 0.25) is 0 Å². The summed E-state index contributed by atoms with van der Waals surface area (Å²) in [6.45, 7) is 8.41. The topological polar surface area (TPSA) is 29.3 Å². The quantitative estimate of drug-likeness (QED) is 0.872. The first kappa shape index (κ1) is 15.0. The van der Waals surface area contributed by atoms with E-state index < -0.39 is 0 Å². The van der Waals surface area contributed by atoms with Gasteiger partial charge in [0.15, 0.2) is 0 Å². The number of nitrogens with two attached hydrogens (primary N) is 1. The molecular formula is C15H25FN2. The molecule has 2 atom stereocenters. The molecule has 0 spiro atoms. The summed E-state index contributed by atoms with van der Waals surface area (Å²) < 4.78 is 14.0. The van der Waals surface area contributed by atoms with Crippen LogP contribution < -0.4 is 10.6 Å². The van der Waals surface area contributed by atoms with Gasteiger partial charge in [0.05, 0.1) is 0 Å². The molecule has 0 bridgehead atoms. The summed E-state index contributed by atoms with van der Waals surface area (Å²) in [5.74, 6) is 0.356. The Bertz CT molecular complexity index is 388. The van der Waals surface area contributed by atoms with Crippen LogP contribution >= 0.6 is 0 Å². The second-order valence-corrected chi connectivity index (χ2v) is 5.51. The Balaban J connectivity index is 3.11. The molecule has 0 aliphatic carbocycles. The van der Waals surface area contributed by atoms with Crippen LogP contribution in [0.5, 0.6) is 0 Å². The Hall–Kier alpha value is -1.09. The third-order valence-electron chi connectivity index (χ3n) is 3.58. The van der Waals surface area contributed by atoms with Crippen molar-refractivity contribution in [3.05, 3.63) is 29.6 Å². The maximum atomic E-state index is 14.0. The maximum absolute atomic E-state index is 14.0.